The van der Waals surface area contributed by atoms with E-state index in [1.165, 1.54) is 0 Å². The van der Waals surface area contributed by atoms with E-state index in [1.807, 2.05) is 13.8 Å². The van der Waals surface area contributed by atoms with Crippen molar-refractivity contribution < 1.29 is 14.7 Å². The Morgan fingerprint density at radius 3 is 2.60 bits per heavy atom. The molecule has 1 atom stereocenters. The molecular weight excluding hydrogens is 260 g/mol. The van der Waals surface area contributed by atoms with Crippen LogP contribution in [0.2, 0.25) is 0 Å². The van der Waals surface area contributed by atoms with Gasteiger partial charge in [-0.3, -0.25) is 14.3 Å². The Labute approximate surface area is 118 Å². The Morgan fingerprint density at radius 1 is 1.50 bits per heavy atom. The fourth-order valence-corrected chi connectivity index (χ4v) is 1.95. The molecule has 1 aromatic rings. The van der Waals surface area contributed by atoms with Gasteiger partial charge in [0.2, 0.25) is 5.91 Å². The van der Waals surface area contributed by atoms with E-state index in [1.54, 1.807) is 29.0 Å². The molecule has 0 aliphatic carbocycles. The maximum atomic E-state index is 12.4. The van der Waals surface area contributed by atoms with E-state index in [2.05, 4.69) is 5.10 Å². The van der Waals surface area contributed by atoms with Crippen molar-refractivity contribution in [3.63, 3.8) is 0 Å². The number of carbonyl (C=O) groups excluding carboxylic acids is 1. The SMILES string of the molecule is CC(C)N(CCCC(=O)O)C(=O)C(N)c1cnn(C)c1. The second-order valence-electron chi connectivity index (χ2n) is 5.05. The molecular formula is C13H22N4O3. The van der Waals surface area contributed by atoms with Gasteiger partial charge in [0, 0.05) is 37.8 Å². The number of nitrogens with zero attached hydrogens (tertiary/aromatic N) is 3. The Morgan fingerprint density at radius 2 is 2.15 bits per heavy atom. The highest BCUT2D eigenvalue weighted by Crippen LogP contribution is 2.15. The van der Waals surface area contributed by atoms with E-state index in [0.717, 1.165) is 0 Å². The monoisotopic (exact) mass is 282 g/mol. The zero-order valence-electron chi connectivity index (χ0n) is 12.1. The lowest BCUT2D eigenvalue weighted by atomic mass is 10.1. The Balaban J connectivity index is 2.70. The van der Waals surface area contributed by atoms with Crippen molar-refractivity contribution in [3.05, 3.63) is 18.0 Å². The molecule has 7 nitrogen and oxygen atoms in total. The van der Waals surface area contributed by atoms with Crippen LogP contribution >= 0.6 is 0 Å². The molecule has 0 aliphatic rings. The van der Waals surface area contributed by atoms with E-state index >= 15 is 0 Å². The maximum Gasteiger partial charge on any atom is 0.303 e. The first-order valence-corrected chi connectivity index (χ1v) is 6.59. The molecule has 112 valence electrons. The number of rotatable bonds is 7. The quantitative estimate of drug-likeness (QED) is 0.759. The first-order valence-electron chi connectivity index (χ1n) is 6.59. The summed E-state index contributed by atoms with van der Waals surface area (Å²) in [5, 5.41) is 12.7. The zero-order chi connectivity index (χ0) is 15.3. The molecule has 1 heterocycles. The van der Waals surface area contributed by atoms with Crippen LogP contribution in [0.25, 0.3) is 0 Å². The Hall–Kier alpha value is -1.89. The second-order valence-corrected chi connectivity index (χ2v) is 5.05. The van der Waals surface area contributed by atoms with Gasteiger partial charge in [-0.25, -0.2) is 0 Å². The molecule has 1 rings (SSSR count). The highest BCUT2D eigenvalue weighted by Gasteiger charge is 2.25. The van der Waals surface area contributed by atoms with Gasteiger partial charge in [-0.1, -0.05) is 0 Å². The fraction of sp³-hybridized carbons (Fsp3) is 0.615. The van der Waals surface area contributed by atoms with Gasteiger partial charge in [0.1, 0.15) is 6.04 Å². The van der Waals surface area contributed by atoms with Gasteiger partial charge in [0.25, 0.3) is 0 Å². The van der Waals surface area contributed by atoms with E-state index in [-0.39, 0.29) is 18.4 Å². The van der Waals surface area contributed by atoms with Crippen molar-refractivity contribution in [1.29, 1.82) is 0 Å². The minimum Gasteiger partial charge on any atom is -0.481 e. The summed E-state index contributed by atoms with van der Waals surface area (Å²) in [6, 6.07) is -0.796. The summed E-state index contributed by atoms with van der Waals surface area (Å²) in [4.78, 5) is 24.5. The van der Waals surface area contributed by atoms with Crippen LogP contribution < -0.4 is 5.73 Å². The molecule has 3 N–H and O–H groups in total. The lowest BCUT2D eigenvalue weighted by Crippen LogP contribution is -2.43. The van der Waals surface area contributed by atoms with Crippen molar-refractivity contribution in [2.45, 2.75) is 38.8 Å². The molecule has 0 saturated heterocycles. The highest BCUT2D eigenvalue weighted by atomic mass is 16.4. The lowest BCUT2D eigenvalue weighted by Gasteiger charge is -2.29. The van der Waals surface area contributed by atoms with Crippen molar-refractivity contribution in [3.8, 4) is 0 Å². The summed E-state index contributed by atoms with van der Waals surface area (Å²) in [7, 11) is 1.76. The number of hydrogen-bond donors (Lipinski definition) is 2. The number of carboxylic acids is 1. The number of nitrogens with two attached hydrogens (primary N) is 1. The second kappa shape index (κ2) is 7.04. The average molecular weight is 282 g/mol. The zero-order valence-corrected chi connectivity index (χ0v) is 12.1. The highest BCUT2D eigenvalue weighted by molar-refractivity contribution is 5.83. The third kappa shape index (κ3) is 4.34. The third-order valence-corrected chi connectivity index (χ3v) is 3.05. The minimum absolute atomic E-state index is 0.0287. The number of carbonyl (C=O) groups is 2. The van der Waals surface area contributed by atoms with Crippen LogP contribution in [0.5, 0.6) is 0 Å². The number of aromatic nitrogens is 2. The number of amides is 1. The van der Waals surface area contributed by atoms with Crippen LogP contribution in [-0.4, -0.2) is 44.3 Å². The van der Waals surface area contributed by atoms with Crippen molar-refractivity contribution in [1.82, 2.24) is 14.7 Å². The summed E-state index contributed by atoms with van der Waals surface area (Å²) in [5.41, 5.74) is 6.62. The minimum atomic E-state index is -0.863. The molecule has 7 heteroatoms. The van der Waals surface area contributed by atoms with E-state index in [4.69, 9.17) is 10.8 Å². The Bertz CT molecular complexity index is 470. The van der Waals surface area contributed by atoms with Gasteiger partial charge >= 0.3 is 5.97 Å². The molecule has 1 aromatic heterocycles. The number of aryl methyl sites for hydroxylation is 1. The van der Waals surface area contributed by atoms with Gasteiger partial charge in [-0.15, -0.1) is 0 Å². The van der Waals surface area contributed by atoms with Crippen LogP contribution in [-0.2, 0) is 16.6 Å². The molecule has 0 spiro atoms. The topological polar surface area (TPSA) is 101 Å². The van der Waals surface area contributed by atoms with Gasteiger partial charge in [-0.05, 0) is 20.3 Å². The van der Waals surface area contributed by atoms with E-state index < -0.39 is 12.0 Å². The van der Waals surface area contributed by atoms with Crippen LogP contribution in [0, 0.1) is 0 Å². The predicted octanol–water partition coefficient (Wildman–Crippen LogP) is 0.522. The summed E-state index contributed by atoms with van der Waals surface area (Å²) < 4.78 is 1.59. The molecule has 1 unspecified atom stereocenters. The molecule has 0 saturated carbocycles. The summed E-state index contributed by atoms with van der Waals surface area (Å²) in [6.07, 6.45) is 3.73. The maximum absolute atomic E-state index is 12.4. The van der Waals surface area contributed by atoms with Crippen molar-refractivity contribution in [2.24, 2.45) is 12.8 Å². The van der Waals surface area contributed by atoms with Crippen molar-refractivity contribution in [2.75, 3.05) is 6.54 Å². The number of aliphatic carboxylic acids is 1. The smallest absolute Gasteiger partial charge is 0.303 e. The molecule has 0 aliphatic heterocycles. The van der Waals surface area contributed by atoms with Gasteiger partial charge in [0.15, 0.2) is 0 Å². The fourth-order valence-electron chi connectivity index (χ4n) is 1.95. The molecule has 0 bridgehead atoms. The normalized spacial score (nSPS) is 12.4. The van der Waals surface area contributed by atoms with Gasteiger partial charge < -0.3 is 15.7 Å². The molecule has 0 radical (unpaired) electrons. The largest absolute Gasteiger partial charge is 0.481 e. The van der Waals surface area contributed by atoms with Crippen molar-refractivity contribution >= 4 is 11.9 Å². The van der Waals surface area contributed by atoms with E-state index in [9.17, 15) is 9.59 Å². The number of carboxylic acid groups (broad SMARTS) is 1. The predicted molar refractivity (Wildman–Crippen MR) is 73.9 cm³/mol. The summed E-state index contributed by atoms with van der Waals surface area (Å²) >= 11 is 0. The molecule has 20 heavy (non-hydrogen) atoms. The molecule has 1 amide bonds. The van der Waals surface area contributed by atoms with Gasteiger partial charge in [0.05, 0.1) is 6.20 Å². The Kier molecular flexibility index (Phi) is 5.69. The van der Waals surface area contributed by atoms with Gasteiger partial charge in [-0.2, -0.15) is 5.10 Å². The van der Waals surface area contributed by atoms with Crippen LogP contribution in [0.15, 0.2) is 12.4 Å². The van der Waals surface area contributed by atoms with Crippen LogP contribution in [0.4, 0.5) is 0 Å². The average Bonchev–Trinajstić information content (AvgIpc) is 2.79. The standard InChI is InChI=1S/C13H22N4O3/c1-9(2)17(6-4-5-11(18)19)13(20)12(14)10-7-15-16(3)8-10/h7-9,12H,4-6,14H2,1-3H3,(H,18,19). The number of hydrogen-bond acceptors (Lipinski definition) is 4. The molecule has 0 fully saturated rings. The van der Waals surface area contributed by atoms with Crippen LogP contribution in [0.3, 0.4) is 0 Å². The third-order valence-electron chi connectivity index (χ3n) is 3.05. The summed E-state index contributed by atoms with van der Waals surface area (Å²) in [6.45, 7) is 4.15. The first kappa shape index (κ1) is 16.2. The van der Waals surface area contributed by atoms with E-state index in [0.29, 0.717) is 18.5 Å². The molecule has 0 aromatic carbocycles. The van der Waals surface area contributed by atoms with Crippen LogP contribution in [0.1, 0.15) is 38.3 Å². The first-order chi connectivity index (χ1) is 9.32. The lowest BCUT2D eigenvalue weighted by molar-refractivity contribution is -0.139. The summed E-state index contributed by atoms with van der Waals surface area (Å²) in [5.74, 6) is -1.07.